The third-order valence-corrected chi connectivity index (χ3v) is 19.9. The van der Waals surface area contributed by atoms with Crippen LogP contribution in [0.15, 0.2) is 109 Å². The van der Waals surface area contributed by atoms with Crippen molar-refractivity contribution in [1.82, 2.24) is 5.32 Å². The van der Waals surface area contributed by atoms with Gasteiger partial charge in [0.25, 0.3) is 0 Å². The van der Waals surface area contributed by atoms with Gasteiger partial charge in [-0.1, -0.05) is 361 Å². The molecule has 2 heterocycles. The van der Waals surface area contributed by atoms with E-state index in [1.807, 2.05) is 6.08 Å². The van der Waals surface area contributed by atoms with Crippen molar-refractivity contribution in [3.63, 3.8) is 0 Å². The number of aliphatic hydroxyl groups excluding tert-OH is 8. The second-order valence-corrected chi connectivity index (χ2v) is 29.2. The predicted octanol–water partition coefficient (Wildman–Crippen LogP) is 19.8. The van der Waals surface area contributed by atoms with E-state index in [2.05, 4.69) is 116 Å². The van der Waals surface area contributed by atoms with Crippen LogP contribution in [0.4, 0.5) is 0 Å². The number of nitrogens with one attached hydrogen (secondary N) is 1. The fraction of sp³-hybridized carbons (Fsp3) is 0.784. The third-order valence-electron chi connectivity index (χ3n) is 19.9. The monoisotopic (exact) mass is 1430 g/mol. The van der Waals surface area contributed by atoms with Crippen LogP contribution in [0.25, 0.3) is 0 Å². The highest BCUT2D eigenvalue weighted by Gasteiger charge is 2.51. The molecular formula is C88H155NO13. The zero-order valence-corrected chi connectivity index (χ0v) is 64.8. The van der Waals surface area contributed by atoms with Gasteiger partial charge in [-0.05, 0) is 89.9 Å². The fourth-order valence-corrected chi connectivity index (χ4v) is 13.4. The number of carbonyl (C=O) groups is 1. The first-order chi connectivity index (χ1) is 50.1. The molecule has 0 aliphatic carbocycles. The van der Waals surface area contributed by atoms with Crippen LogP contribution in [0.5, 0.6) is 0 Å². The standard InChI is InChI=1S/C88H155NO13/c1-3-5-7-9-11-13-15-17-19-21-23-25-27-29-31-32-33-34-35-36-37-38-39-40-41-42-43-44-46-48-50-52-54-56-58-60-62-64-66-68-70-72-80(93)89-76(75-99-87-85(98)83(96)86(79(74-91)101-87)102-88-84(97)82(95)81(94)78(73-90)100-88)77(92)71-69-67-65-63-61-59-57-55-53-51-49-47-45-30-28-26-24-22-20-18-16-14-12-10-8-6-4-2/h5,7,11,13,17,19,23,25,29,31,33-34,36-37,61,63,69,71,76-79,81-88,90-92,94-98H,3-4,6,8-10,12,14-16,18,20-22,24,26-28,30,32,35,38-60,62,64-68,70,72-75H2,1-2H3,(H,89,93)/b7-5-,13-11-,19-17-,25-23-,31-29-,34-33-,37-36-,63-61+,71-69+. The molecule has 0 aromatic carbocycles. The first-order valence-corrected chi connectivity index (χ1v) is 42.1. The van der Waals surface area contributed by atoms with Gasteiger partial charge in [0.1, 0.15) is 48.8 Å². The van der Waals surface area contributed by atoms with E-state index >= 15 is 0 Å². The Bertz CT molecular complexity index is 2140. The summed E-state index contributed by atoms with van der Waals surface area (Å²) in [6.45, 7) is 2.71. The van der Waals surface area contributed by atoms with E-state index in [0.29, 0.717) is 12.8 Å². The number of allylic oxidation sites excluding steroid dienone is 17. The van der Waals surface area contributed by atoms with Crippen molar-refractivity contribution in [3.05, 3.63) is 109 Å². The largest absolute Gasteiger partial charge is 0.394 e. The molecule has 0 spiro atoms. The number of aliphatic hydroxyl groups is 8. The first kappa shape index (κ1) is 94.7. The Balaban J connectivity index is 1.59. The lowest BCUT2D eigenvalue weighted by Gasteiger charge is -2.46. The molecule has 9 N–H and O–H groups in total. The highest BCUT2D eigenvalue weighted by Crippen LogP contribution is 2.30. The molecular weight excluding hydrogens is 1280 g/mol. The van der Waals surface area contributed by atoms with Crippen LogP contribution in [-0.4, -0.2) is 140 Å². The smallest absolute Gasteiger partial charge is 0.220 e. The van der Waals surface area contributed by atoms with E-state index in [4.69, 9.17) is 18.9 Å². The summed E-state index contributed by atoms with van der Waals surface area (Å²) in [5.41, 5.74) is 0. The van der Waals surface area contributed by atoms with Gasteiger partial charge in [0.05, 0.1) is 32.0 Å². The maximum atomic E-state index is 13.4. The lowest BCUT2D eigenvalue weighted by atomic mass is 9.97. The summed E-state index contributed by atoms with van der Waals surface area (Å²) in [7, 11) is 0. The van der Waals surface area contributed by atoms with E-state index in [9.17, 15) is 45.6 Å². The molecule has 0 saturated carbocycles. The molecule has 1 amide bonds. The van der Waals surface area contributed by atoms with Crippen LogP contribution in [0.1, 0.15) is 348 Å². The molecule has 12 atom stereocenters. The van der Waals surface area contributed by atoms with Crippen LogP contribution in [-0.2, 0) is 23.7 Å². The lowest BCUT2D eigenvalue weighted by Crippen LogP contribution is -2.65. The molecule has 14 heteroatoms. The second-order valence-electron chi connectivity index (χ2n) is 29.2. The van der Waals surface area contributed by atoms with E-state index in [-0.39, 0.29) is 18.9 Å². The molecule has 0 aromatic rings. The second kappa shape index (κ2) is 70.6. The Morgan fingerprint density at radius 3 is 1.08 bits per heavy atom. The molecule has 2 saturated heterocycles. The normalized spacial score (nSPS) is 22.2. The van der Waals surface area contributed by atoms with Gasteiger partial charge in [0.15, 0.2) is 12.6 Å². The van der Waals surface area contributed by atoms with Crippen LogP contribution < -0.4 is 5.32 Å². The highest BCUT2D eigenvalue weighted by molar-refractivity contribution is 5.76. The number of ether oxygens (including phenoxy) is 4. The number of rotatable bonds is 70. The number of amides is 1. The SMILES string of the molecule is CC/C=C\C/C=C\C/C=C\C/C=C\C/C=C\C/C=C\C/C=C\CCCCCCCCCCCCCCCCCCCCCC(=O)NC(COC1OC(CO)C(OC2OC(CO)C(O)C(O)C2O)C(O)C1O)C(O)/C=C/CC/C=C/CCCCCCCCCCCCCCCCCCCCCCC. The quantitative estimate of drug-likeness (QED) is 0.0204. The van der Waals surface area contributed by atoms with E-state index in [1.54, 1.807) is 6.08 Å². The predicted molar refractivity (Wildman–Crippen MR) is 424 cm³/mol. The molecule has 12 unspecified atom stereocenters. The maximum absolute atomic E-state index is 13.4. The van der Waals surface area contributed by atoms with Gasteiger partial charge in [-0.2, -0.15) is 0 Å². The van der Waals surface area contributed by atoms with E-state index in [1.165, 1.54) is 238 Å². The Morgan fingerprint density at radius 2 is 0.686 bits per heavy atom. The van der Waals surface area contributed by atoms with Gasteiger partial charge in [-0.25, -0.2) is 0 Å². The molecule has 2 aliphatic rings. The molecule has 590 valence electrons. The number of unbranched alkanes of at least 4 members (excludes halogenated alkanes) is 41. The number of hydrogen-bond donors (Lipinski definition) is 9. The van der Waals surface area contributed by atoms with Crippen LogP contribution in [0.3, 0.4) is 0 Å². The zero-order chi connectivity index (χ0) is 73.7. The number of hydrogen-bond acceptors (Lipinski definition) is 13. The molecule has 2 fully saturated rings. The first-order valence-electron chi connectivity index (χ1n) is 42.1. The van der Waals surface area contributed by atoms with Gasteiger partial charge >= 0.3 is 0 Å². The molecule has 0 radical (unpaired) electrons. The molecule has 14 nitrogen and oxygen atoms in total. The summed E-state index contributed by atoms with van der Waals surface area (Å²) in [6.07, 6.45) is 86.1. The van der Waals surface area contributed by atoms with Gasteiger partial charge in [-0.15, -0.1) is 0 Å². The summed E-state index contributed by atoms with van der Waals surface area (Å²) in [5, 5.41) is 87.7. The van der Waals surface area contributed by atoms with Crippen molar-refractivity contribution in [1.29, 1.82) is 0 Å². The maximum Gasteiger partial charge on any atom is 0.220 e. The molecule has 0 aromatic heterocycles. The van der Waals surface area contributed by atoms with Crippen molar-refractivity contribution < 1.29 is 64.6 Å². The molecule has 2 aliphatic heterocycles. The highest BCUT2D eigenvalue weighted by atomic mass is 16.7. The summed E-state index contributed by atoms with van der Waals surface area (Å²) < 4.78 is 22.9. The Hall–Kier alpha value is -3.35. The van der Waals surface area contributed by atoms with Crippen molar-refractivity contribution in [3.8, 4) is 0 Å². The topological polar surface area (TPSA) is 228 Å². The average Bonchev–Trinajstić information content (AvgIpc) is 0.790. The van der Waals surface area contributed by atoms with Crippen LogP contribution in [0.2, 0.25) is 0 Å². The summed E-state index contributed by atoms with van der Waals surface area (Å²) in [4.78, 5) is 13.4. The average molecular weight is 1440 g/mol. The van der Waals surface area contributed by atoms with Gasteiger partial charge in [0, 0.05) is 6.42 Å². The lowest BCUT2D eigenvalue weighted by molar-refractivity contribution is -0.359. The molecule has 2 rings (SSSR count). The van der Waals surface area contributed by atoms with Gasteiger partial charge in [0.2, 0.25) is 5.91 Å². The summed E-state index contributed by atoms with van der Waals surface area (Å²) >= 11 is 0. The summed E-state index contributed by atoms with van der Waals surface area (Å²) in [5.74, 6) is -0.246. The Morgan fingerprint density at radius 1 is 0.363 bits per heavy atom. The molecule has 0 bridgehead atoms. The van der Waals surface area contributed by atoms with Gasteiger partial charge < -0.3 is 65.1 Å². The van der Waals surface area contributed by atoms with Crippen molar-refractivity contribution in [2.45, 2.75) is 421 Å². The number of carbonyl (C=O) groups excluding carboxylic acids is 1. The fourth-order valence-electron chi connectivity index (χ4n) is 13.4. The van der Waals surface area contributed by atoms with E-state index < -0.39 is 86.8 Å². The third kappa shape index (κ3) is 52.6. The van der Waals surface area contributed by atoms with Crippen molar-refractivity contribution in [2.24, 2.45) is 0 Å². The van der Waals surface area contributed by atoms with Crippen LogP contribution in [0, 0.1) is 0 Å². The minimum absolute atomic E-state index is 0.246. The Labute approximate surface area is 623 Å². The van der Waals surface area contributed by atoms with Crippen molar-refractivity contribution in [2.75, 3.05) is 19.8 Å². The minimum Gasteiger partial charge on any atom is -0.394 e. The van der Waals surface area contributed by atoms with Gasteiger partial charge in [-0.3, -0.25) is 4.79 Å². The summed E-state index contributed by atoms with van der Waals surface area (Å²) in [6, 6.07) is -0.937. The molecule has 102 heavy (non-hydrogen) atoms. The minimum atomic E-state index is -1.80. The van der Waals surface area contributed by atoms with Crippen molar-refractivity contribution >= 4 is 5.91 Å². The Kier molecular flexibility index (Phi) is 65.6. The zero-order valence-electron chi connectivity index (χ0n) is 64.8. The van der Waals surface area contributed by atoms with E-state index in [0.717, 1.165) is 77.0 Å². The van der Waals surface area contributed by atoms with Crippen LogP contribution >= 0.6 is 0 Å².